The van der Waals surface area contributed by atoms with Crippen LogP contribution >= 0.6 is 0 Å². The summed E-state index contributed by atoms with van der Waals surface area (Å²) in [6.07, 6.45) is 4.72. The maximum Gasteiger partial charge on any atom is 0.257 e. The number of carbonyl (C=O) groups is 1. The van der Waals surface area contributed by atoms with E-state index in [1.807, 2.05) is 11.0 Å². The minimum atomic E-state index is -3.73. The van der Waals surface area contributed by atoms with Crippen molar-refractivity contribution >= 4 is 38.7 Å². The number of ether oxygens (including phenoxy) is 1. The number of hydrogen-bond acceptors (Lipinski definition) is 7. The van der Waals surface area contributed by atoms with E-state index in [0.29, 0.717) is 52.5 Å². The van der Waals surface area contributed by atoms with Gasteiger partial charge in [-0.1, -0.05) is 0 Å². The Kier molecular flexibility index (Phi) is 7.25. The van der Waals surface area contributed by atoms with Crippen molar-refractivity contribution < 1.29 is 31.8 Å². The number of fused-ring (bicyclic) bond motifs is 1. The number of aliphatic hydroxyl groups excluding tert-OH is 1. The van der Waals surface area contributed by atoms with Crippen LogP contribution in [0.2, 0.25) is 0 Å². The van der Waals surface area contributed by atoms with Crippen LogP contribution in [0.1, 0.15) is 54.4 Å². The minimum absolute atomic E-state index is 0.203. The number of piperidine rings is 2. The van der Waals surface area contributed by atoms with E-state index < -0.39 is 28.3 Å². The number of nitrogens with one attached hydrogen (secondary N) is 2. The van der Waals surface area contributed by atoms with Crippen molar-refractivity contribution in [2.45, 2.75) is 50.9 Å². The van der Waals surface area contributed by atoms with E-state index in [9.17, 15) is 22.0 Å². The molecule has 1 aliphatic carbocycles. The van der Waals surface area contributed by atoms with E-state index in [4.69, 9.17) is 9.84 Å². The van der Waals surface area contributed by atoms with Crippen LogP contribution in [0.5, 0.6) is 5.75 Å². The van der Waals surface area contributed by atoms with Crippen molar-refractivity contribution in [1.29, 1.82) is 0 Å². The molecule has 3 fully saturated rings. The molecule has 9 nitrogen and oxygen atoms in total. The smallest absolute Gasteiger partial charge is 0.257 e. The molecule has 1 saturated carbocycles. The molecule has 222 valence electrons. The number of rotatable bonds is 8. The van der Waals surface area contributed by atoms with Gasteiger partial charge in [-0.05, 0) is 61.4 Å². The predicted octanol–water partition coefficient (Wildman–Crippen LogP) is 4.22. The van der Waals surface area contributed by atoms with Gasteiger partial charge in [-0.15, -0.1) is 0 Å². The van der Waals surface area contributed by atoms with Crippen molar-refractivity contribution in [1.82, 2.24) is 0 Å². The van der Waals surface area contributed by atoms with Crippen molar-refractivity contribution in [3.05, 3.63) is 41.5 Å². The topological polar surface area (TPSA) is 111 Å². The van der Waals surface area contributed by atoms with Crippen LogP contribution < -0.4 is 24.6 Å². The van der Waals surface area contributed by atoms with E-state index in [-0.39, 0.29) is 31.8 Å². The maximum atomic E-state index is 13.8. The van der Waals surface area contributed by atoms with Crippen LogP contribution in [0.15, 0.2) is 30.3 Å². The van der Waals surface area contributed by atoms with Crippen LogP contribution in [0.4, 0.5) is 31.5 Å². The number of aliphatic hydroxyl groups is 1. The van der Waals surface area contributed by atoms with Gasteiger partial charge in [-0.2, -0.15) is 0 Å². The molecule has 3 heterocycles. The molecule has 0 unspecified atom stereocenters. The van der Waals surface area contributed by atoms with Gasteiger partial charge in [0.2, 0.25) is 10.0 Å². The lowest BCUT2D eigenvalue weighted by Crippen LogP contribution is -2.39. The zero-order chi connectivity index (χ0) is 28.8. The van der Waals surface area contributed by atoms with Crippen LogP contribution in [-0.2, 0) is 16.4 Å². The molecule has 0 bridgehead atoms. The average molecular weight is 591 g/mol. The molecule has 6 rings (SSSR count). The van der Waals surface area contributed by atoms with Crippen LogP contribution in [0.3, 0.4) is 0 Å². The van der Waals surface area contributed by atoms with E-state index in [0.717, 1.165) is 31.5 Å². The summed E-state index contributed by atoms with van der Waals surface area (Å²) in [5.74, 6) is -2.74. The van der Waals surface area contributed by atoms with Gasteiger partial charge >= 0.3 is 0 Å². The molecule has 41 heavy (non-hydrogen) atoms. The second-order valence-electron chi connectivity index (χ2n) is 11.7. The average Bonchev–Trinajstić information content (AvgIpc) is 3.50. The Hall–Kier alpha value is -3.12. The van der Waals surface area contributed by atoms with Crippen molar-refractivity contribution in [2.24, 2.45) is 5.41 Å². The normalized spacial score (nSPS) is 20.9. The van der Waals surface area contributed by atoms with Gasteiger partial charge in [0, 0.05) is 56.7 Å². The van der Waals surface area contributed by atoms with Gasteiger partial charge in [0.05, 0.1) is 41.6 Å². The number of anilines is 4. The first-order valence-electron chi connectivity index (χ1n) is 14.3. The third kappa shape index (κ3) is 6.08. The van der Waals surface area contributed by atoms with E-state index >= 15 is 0 Å². The van der Waals surface area contributed by atoms with Crippen molar-refractivity contribution in [3.63, 3.8) is 0 Å². The second-order valence-corrected chi connectivity index (χ2v) is 13.6. The summed E-state index contributed by atoms with van der Waals surface area (Å²) in [6, 6.07) is 8.52. The number of carbonyl (C=O) groups excluding carboxylic acids is 1. The zero-order valence-corrected chi connectivity index (χ0v) is 23.7. The van der Waals surface area contributed by atoms with Gasteiger partial charge in [0.15, 0.2) is 0 Å². The molecule has 2 aromatic carbocycles. The Morgan fingerprint density at radius 3 is 2.27 bits per heavy atom. The molecular weight excluding hydrogens is 554 g/mol. The lowest BCUT2D eigenvalue weighted by atomic mass is 9.93. The van der Waals surface area contributed by atoms with Crippen LogP contribution in [-0.4, -0.2) is 70.5 Å². The Morgan fingerprint density at radius 2 is 1.59 bits per heavy atom. The molecule has 1 amide bonds. The molecule has 12 heteroatoms. The Bertz CT molecular complexity index is 1430. The Morgan fingerprint density at radius 1 is 0.927 bits per heavy atom. The third-order valence-electron chi connectivity index (χ3n) is 8.86. The van der Waals surface area contributed by atoms with Gasteiger partial charge in [-0.25, -0.2) is 17.2 Å². The largest absolute Gasteiger partial charge is 0.491 e. The Labute approximate surface area is 238 Å². The summed E-state index contributed by atoms with van der Waals surface area (Å²) in [6.45, 7) is 1.95. The lowest BCUT2D eigenvalue weighted by Gasteiger charge is -2.35. The molecule has 0 radical (unpaired) electrons. The van der Waals surface area contributed by atoms with Gasteiger partial charge in [0.1, 0.15) is 5.75 Å². The highest BCUT2D eigenvalue weighted by Gasteiger charge is 2.44. The SMILES string of the molecule is O=C(Nc1cc2c(c(N3CCC(F)(F)CC3)c1)OCC2)c1ccc(NS(=O)(=O)CCO)cc1N1CCC2(CC1)CC2. The summed E-state index contributed by atoms with van der Waals surface area (Å²) in [7, 11) is -3.73. The zero-order valence-electron chi connectivity index (χ0n) is 22.9. The van der Waals surface area contributed by atoms with Crippen LogP contribution in [0, 0.1) is 5.41 Å². The summed E-state index contributed by atoms with van der Waals surface area (Å²) in [5.41, 5.74) is 4.00. The van der Waals surface area contributed by atoms with E-state index in [1.54, 1.807) is 24.3 Å². The summed E-state index contributed by atoms with van der Waals surface area (Å²) in [5, 5.41) is 12.1. The second kappa shape index (κ2) is 10.6. The van der Waals surface area contributed by atoms with Crippen LogP contribution in [0.25, 0.3) is 0 Å². The highest BCUT2D eigenvalue weighted by Crippen LogP contribution is 2.54. The first-order chi connectivity index (χ1) is 19.6. The number of halogens is 2. The van der Waals surface area contributed by atoms with Gasteiger partial charge in [-0.3, -0.25) is 9.52 Å². The molecular formula is C29H36F2N4O5S. The fourth-order valence-electron chi connectivity index (χ4n) is 6.17. The number of nitrogens with zero attached hydrogens (tertiary/aromatic N) is 2. The molecule has 1 spiro atoms. The predicted molar refractivity (Wildman–Crippen MR) is 154 cm³/mol. The summed E-state index contributed by atoms with van der Waals surface area (Å²) in [4.78, 5) is 17.8. The standard InChI is InChI=1S/C29H36F2N4O5S/c30-29(31)8-12-35(13-9-29)25-19-22(17-20-3-15-40-26(20)25)32-27(37)23-2-1-21(33-41(38,39)16-14-36)18-24(23)34-10-6-28(4-5-28)7-11-34/h1-2,17-19,33,36H,3-16H2,(H,32,37). The number of benzene rings is 2. The first-order valence-corrected chi connectivity index (χ1v) is 15.9. The first kappa shape index (κ1) is 28.0. The summed E-state index contributed by atoms with van der Waals surface area (Å²) < 4.78 is 60.6. The fourth-order valence-corrected chi connectivity index (χ4v) is 6.99. The van der Waals surface area contributed by atoms with Gasteiger partial charge < -0.3 is 25.0 Å². The number of alkyl halides is 2. The molecule has 2 aromatic rings. The molecule has 3 aliphatic heterocycles. The number of sulfonamides is 1. The Balaban J connectivity index is 1.28. The quantitative estimate of drug-likeness (QED) is 0.422. The lowest BCUT2D eigenvalue weighted by molar-refractivity contribution is -0.0221. The third-order valence-corrected chi connectivity index (χ3v) is 10.1. The summed E-state index contributed by atoms with van der Waals surface area (Å²) >= 11 is 0. The fraction of sp³-hybridized carbons (Fsp3) is 0.552. The molecule has 2 saturated heterocycles. The number of amides is 1. The van der Waals surface area contributed by atoms with Crippen molar-refractivity contribution in [3.8, 4) is 5.75 Å². The van der Waals surface area contributed by atoms with E-state index in [2.05, 4.69) is 14.9 Å². The molecule has 0 aromatic heterocycles. The van der Waals surface area contributed by atoms with Gasteiger partial charge in [0.25, 0.3) is 11.8 Å². The molecule has 3 N–H and O–H groups in total. The number of hydrogen-bond donors (Lipinski definition) is 3. The maximum absolute atomic E-state index is 13.8. The highest BCUT2D eigenvalue weighted by atomic mass is 32.2. The molecule has 0 atom stereocenters. The monoisotopic (exact) mass is 590 g/mol. The highest BCUT2D eigenvalue weighted by molar-refractivity contribution is 7.92. The minimum Gasteiger partial charge on any atom is -0.491 e. The van der Waals surface area contributed by atoms with E-state index in [1.165, 1.54) is 12.8 Å². The van der Waals surface area contributed by atoms with Crippen molar-refractivity contribution in [2.75, 3.05) is 65.0 Å². The molecule has 4 aliphatic rings.